The van der Waals surface area contributed by atoms with Crippen LogP contribution in [0.3, 0.4) is 0 Å². The number of hydrogen-bond donors (Lipinski definition) is 0. The van der Waals surface area contributed by atoms with Crippen molar-refractivity contribution in [3.8, 4) is 0 Å². The number of rotatable bonds is 2. The predicted molar refractivity (Wildman–Crippen MR) is 206 cm³/mol. The van der Waals surface area contributed by atoms with Crippen LogP contribution >= 0.6 is 220 Å². The molecule has 1 aliphatic heterocycles. The third-order valence-corrected chi connectivity index (χ3v) is 28.1. The summed E-state index contributed by atoms with van der Waals surface area (Å²) >= 11 is 87.9. The topological polar surface area (TPSA) is 18.5 Å². The number of alkyl halides is 16. The van der Waals surface area contributed by atoms with Gasteiger partial charge in [0, 0.05) is 0 Å². The van der Waals surface area contributed by atoms with E-state index in [0.717, 1.165) is 0 Å². The lowest BCUT2D eigenvalue weighted by Gasteiger charge is -2.72. The van der Waals surface area contributed by atoms with Crippen LogP contribution in [-0.4, -0.2) is 43.9 Å². The molecule has 12 unspecified atom stereocenters. The van der Waals surface area contributed by atoms with Gasteiger partial charge < -0.3 is 9.47 Å². The summed E-state index contributed by atoms with van der Waals surface area (Å²) in [5, 5.41) is 0. The van der Waals surface area contributed by atoms with Crippen molar-refractivity contribution in [2.45, 2.75) is 53.7 Å². The van der Waals surface area contributed by atoms with Gasteiger partial charge in [-0.2, -0.15) is 0 Å². The van der Waals surface area contributed by atoms with E-state index >= 15 is 0 Å². The van der Waals surface area contributed by atoms with Gasteiger partial charge in [-0.1, -0.05) is 179 Å². The fourth-order valence-corrected chi connectivity index (χ4v) is 17.2. The molecule has 0 aromatic heterocycles. The van der Waals surface area contributed by atoms with E-state index in [1.54, 1.807) is 24.3 Å². The molecular formula is C24H12Br8Cl8O2. The highest BCUT2D eigenvalue weighted by molar-refractivity contribution is 9.17. The zero-order chi connectivity index (χ0) is 31.8. The van der Waals surface area contributed by atoms with Gasteiger partial charge in [-0.15, -0.1) is 69.6 Å². The number of fused-ring (bicyclic) bond motifs is 2. The molecule has 12 atom stereocenters. The van der Waals surface area contributed by atoms with E-state index in [1.165, 1.54) is 0 Å². The molecule has 2 nitrogen and oxygen atoms in total. The first-order chi connectivity index (χ1) is 18.9. The molecular weight excluding hydrogens is 1240 g/mol. The summed E-state index contributed by atoms with van der Waals surface area (Å²) in [6.45, 7) is 0. The molecule has 0 amide bonds. The molecule has 0 spiro atoms. The average Bonchev–Trinajstić information content (AvgIpc) is 2.91. The van der Waals surface area contributed by atoms with Crippen molar-refractivity contribution in [3.05, 3.63) is 71.8 Å². The van der Waals surface area contributed by atoms with Crippen molar-refractivity contribution in [1.82, 2.24) is 0 Å². The van der Waals surface area contributed by atoms with Gasteiger partial charge in [-0.3, -0.25) is 0 Å². The first kappa shape index (κ1) is 37.8. The first-order valence-corrected chi connectivity index (χ1v) is 20.7. The molecule has 3 fully saturated rings. The molecule has 42 heavy (non-hydrogen) atoms. The molecule has 1 heterocycles. The van der Waals surface area contributed by atoms with E-state index in [4.69, 9.17) is 102 Å². The Morgan fingerprint density at radius 2 is 0.881 bits per heavy atom. The van der Waals surface area contributed by atoms with Gasteiger partial charge in [0.2, 0.25) is 0 Å². The quantitative estimate of drug-likeness (QED) is 0.279. The van der Waals surface area contributed by atoms with Crippen molar-refractivity contribution >= 4 is 220 Å². The minimum Gasteiger partial charge on any atom is -0.362 e. The second-order valence-electron chi connectivity index (χ2n) is 9.89. The maximum absolute atomic E-state index is 7.93. The number of ether oxygens (including phenoxy) is 2. The van der Waals surface area contributed by atoms with Crippen LogP contribution in [-0.2, 0) is 19.2 Å². The standard InChI is InChI=1S/C24H12Br8Cl8O2/c25-17(35)14-19(27,23(31,39)24(32,40)21(17,29)37)42-18(26)13(41-14)15(33,11-7-3-1-4-8-11)16(34,12-9-5-2-6-10-12)20(28,36)22(18,30)38/h1-10,13-14H. The van der Waals surface area contributed by atoms with Crippen molar-refractivity contribution in [3.63, 3.8) is 0 Å². The SMILES string of the molecule is ClC1(Br)C2OC3C(Br)(OC2(Br)C(Cl)(Br)C(Cl)(Br)C1(Cl)Br)C(Cl)(Br)C(Cl)(Br)C(Cl)(c1ccccc1)C3(Cl)c1ccccc1. The second kappa shape index (κ2) is 11.5. The summed E-state index contributed by atoms with van der Waals surface area (Å²) in [6, 6.07) is 18.1. The van der Waals surface area contributed by atoms with Crippen LogP contribution in [0, 0.1) is 0 Å². The van der Waals surface area contributed by atoms with E-state index in [9.17, 15) is 0 Å². The largest absolute Gasteiger partial charge is 0.362 e. The minimum atomic E-state index is -1.86. The fraction of sp³-hybridized carbons (Fsp3) is 0.500. The lowest BCUT2D eigenvalue weighted by atomic mass is 9.66. The van der Waals surface area contributed by atoms with E-state index in [2.05, 4.69) is 127 Å². The molecule has 1 saturated heterocycles. The Morgan fingerprint density at radius 1 is 0.476 bits per heavy atom. The minimum absolute atomic E-state index is 0.523. The number of benzene rings is 2. The summed E-state index contributed by atoms with van der Waals surface area (Å²) in [5.74, 6) is 0. The van der Waals surface area contributed by atoms with Crippen molar-refractivity contribution in [2.24, 2.45) is 0 Å². The molecule has 2 aliphatic carbocycles. The van der Waals surface area contributed by atoms with Gasteiger partial charge in [0.05, 0.1) is 0 Å². The maximum atomic E-state index is 7.93. The molecule has 0 bridgehead atoms. The van der Waals surface area contributed by atoms with Gasteiger partial charge >= 0.3 is 0 Å². The highest BCUT2D eigenvalue weighted by atomic mass is 79.9. The normalized spacial score (nSPS) is 55.9. The third kappa shape index (κ3) is 4.39. The summed E-state index contributed by atoms with van der Waals surface area (Å²) in [6.07, 6.45) is -2.57. The average molecular weight is 1260 g/mol. The molecule has 18 heteroatoms. The Morgan fingerprint density at radius 3 is 1.36 bits per heavy atom. The Hall–Kier alpha value is 4.52. The van der Waals surface area contributed by atoms with Gasteiger partial charge in [0.1, 0.15) is 22.0 Å². The Kier molecular flexibility index (Phi) is 10.4. The van der Waals surface area contributed by atoms with E-state index in [0.29, 0.717) is 11.1 Å². The monoisotopic (exact) mass is 1240 g/mol. The van der Waals surface area contributed by atoms with E-state index < -0.39 is 53.7 Å². The van der Waals surface area contributed by atoms with Crippen LogP contribution < -0.4 is 0 Å². The zero-order valence-electron chi connectivity index (χ0n) is 19.8. The lowest BCUT2D eigenvalue weighted by molar-refractivity contribution is -0.280. The number of halogens is 16. The van der Waals surface area contributed by atoms with Crippen molar-refractivity contribution < 1.29 is 9.47 Å². The Bertz CT molecular complexity index is 1400. The van der Waals surface area contributed by atoms with Gasteiger partial charge in [0.15, 0.2) is 31.7 Å². The van der Waals surface area contributed by atoms with E-state index in [1.807, 2.05) is 36.4 Å². The van der Waals surface area contributed by atoms with Crippen LogP contribution in [0.25, 0.3) is 0 Å². The van der Waals surface area contributed by atoms with Crippen molar-refractivity contribution in [1.29, 1.82) is 0 Å². The second-order valence-corrected chi connectivity index (χ2v) is 26.8. The summed E-state index contributed by atoms with van der Waals surface area (Å²) in [4.78, 5) is -3.53. The van der Waals surface area contributed by atoms with E-state index in [-0.39, 0.29) is 0 Å². The molecule has 3 aliphatic rings. The summed E-state index contributed by atoms with van der Waals surface area (Å²) in [5.41, 5.74) is 1.05. The molecule has 5 rings (SSSR count). The molecule has 2 aromatic carbocycles. The zero-order valence-corrected chi connectivity index (χ0v) is 38.5. The van der Waals surface area contributed by atoms with Gasteiger partial charge in [-0.25, -0.2) is 0 Å². The third-order valence-electron chi connectivity index (χ3n) is 7.69. The van der Waals surface area contributed by atoms with Crippen LogP contribution in [0.1, 0.15) is 11.1 Å². The predicted octanol–water partition coefficient (Wildman–Crippen LogP) is 13.2. The van der Waals surface area contributed by atoms with Crippen LogP contribution in [0.5, 0.6) is 0 Å². The molecule has 232 valence electrons. The summed E-state index contributed by atoms with van der Waals surface area (Å²) < 4.78 is -0.564. The smallest absolute Gasteiger partial charge is 0.185 e. The molecule has 2 aromatic rings. The Balaban J connectivity index is 1.90. The maximum Gasteiger partial charge on any atom is 0.185 e. The first-order valence-electron chi connectivity index (χ1n) is 11.4. The highest BCUT2D eigenvalue weighted by Gasteiger charge is 2.91. The fourth-order valence-electron chi connectivity index (χ4n) is 5.47. The van der Waals surface area contributed by atoms with Gasteiger partial charge in [0.25, 0.3) is 0 Å². The van der Waals surface area contributed by atoms with Crippen LogP contribution in [0.2, 0.25) is 0 Å². The molecule has 0 N–H and O–H groups in total. The molecule has 2 saturated carbocycles. The van der Waals surface area contributed by atoms with Crippen LogP contribution in [0.4, 0.5) is 0 Å². The lowest BCUT2D eigenvalue weighted by Crippen LogP contribution is -2.87. The highest BCUT2D eigenvalue weighted by Crippen LogP contribution is 2.82. The van der Waals surface area contributed by atoms with Crippen molar-refractivity contribution in [2.75, 3.05) is 0 Å². The Labute approximate surface area is 349 Å². The number of hydrogen-bond acceptors (Lipinski definition) is 2. The summed E-state index contributed by atoms with van der Waals surface area (Å²) in [7, 11) is 0. The van der Waals surface area contributed by atoms with Crippen LogP contribution in [0.15, 0.2) is 60.7 Å². The van der Waals surface area contributed by atoms with Gasteiger partial charge in [-0.05, 0) is 43.0 Å². The molecule has 0 radical (unpaired) electrons.